The summed E-state index contributed by atoms with van der Waals surface area (Å²) in [6.45, 7) is 9.30. The van der Waals surface area contributed by atoms with E-state index in [4.69, 9.17) is 0 Å². The Labute approximate surface area is 319 Å². The lowest BCUT2D eigenvalue weighted by Crippen LogP contribution is -2.24. The van der Waals surface area contributed by atoms with Crippen molar-refractivity contribution in [1.82, 2.24) is 0 Å². The van der Waals surface area contributed by atoms with Crippen LogP contribution in [0.15, 0.2) is 138 Å². The lowest BCUT2D eigenvalue weighted by Gasteiger charge is -2.33. The predicted octanol–water partition coefficient (Wildman–Crippen LogP) is 13.0. The maximum Gasteiger partial charge on any atom is 0.346 e. The lowest BCUT2D eigenvalue weighted by molar-refractivity contribution is -0.132. The van der Waals surface area contributed by atoms with E-state index in [-0.39, 0.29) is 16.4 Å². The van der Waals surface area contributed by atoms with Gasteiger partial charge in [-0.1, -0.05) is 119 Å². The SMILES string of the molecule is CCC1(CC)c2ccccc2-c2ccc(N(c3ccc(/C=C/C4=CC(=C(\C#N)C(=O)O)/CC4)cc3)c3ccc4c(c3)C(CC)(CC)c3ccccc3-4)cc21. The van der Waals surface area contributed by atoms with Gasteiger partial charge in [-0.05, 0) is 136 Å². The van der Waals surface area contributed by atoms with Gasteiger partial charge in [0.2, 0.25) is 0 Å². The molecule has 0 fully saturated rings. The Morgan fingerprint density at radius 1 is 0.648 bits per heavy atom. The van der Waals surface area contributed by atoms with Gasteiger partial charge < -0.3 is 10.0 Å². The minimum atomic E-state index is -1.17. The molecule has 5 aromatic rings. The molecule has 0 aliphatic heterocycles. The van der Waals surface area contributed by atoms with Gasteiger partial charge in [0.1, 0.15) is 11.6 Å². The van der Waals surface area contributed by atoms with E-state index in [0.717, 1.165) is 53.9 Å². The Hall–Kier alpha value is -5.92. The number of benzene rings is 5. The summed E-state index contributed by atoms with van der Waals surface area (Å²) < 4.78 is 0. The van der Waals surface area contributed by atoms with Crippen molar-refractivity contribution >= 4 is 29.1 Å². The second kappa shape index (κ2) is 13.8. The molecule has 54 heavy (non-hydrogen) atoms. The molecule has 0 bridgehead atoms. The van der Waals surface area contributed by atoms with Crippen LogP contribution in [-0.2, 0) is 15.6 Å². The minimum absolute atomic E-state index is 0.0378. The molecule has 8 rings (SSSR count). The van der Waals surface area contributed by atoms with E-state index >= 15 is 0 Å². The fourth-order valence-electron chi connectivity index (χ4n) is 9.81. The zero-order chi connectivity index (χ0) is 37.6. The van der Waals surface area contributed by atoms with Gasteiger partial charge in [-0.25, -0.2) is 4.79 Å². The van der Waals surface area contributed by atoms with E-state index in [2.05, 4.69) is 148 Å². The van der Waals surface area contributed by atoms with E-state index in [9.17, 15) is 15.2 Å². The number of allylic oxidation sites excluding steroid dienone is 4. The normalized spacial score (nSPS) is 16.6. The van der Waals surface area contributed by atoms with Crippen LogP contribution in [0.4, 0.5) is 17.1 Å². The van der Waals surface area contributed by atoms with E-state index in [1.165, 1.54) is 44.5 Å². The number of carboxylic acids is 1. The van der Waals surface area contributed by atoms with Gasteiger partial charge in [-0.2, -0.15) is 5.26 Å². The van der Waals surface area contributed by atoms with Gasteiger partial charge in [0, 0.05) is 27.9 Å². The molecule has 0 spiro atoms. The van der Waals surface area contributed by atoms with Gasteiger partial charge in [0.05, 0.1) is 0 Å². The summed E-state index contributed by atoms with van der Waals surface area (Å²) in [5, 5.41) is 18.7. The zero-order valence-electron chi connectivity index (χ0n) is 31.6. The number of carboxylic acid groups (broad SMARTS) is 1. The number of carbonyl (C=O) groups is 1. The van der Waals surface area contributed by atoms with Crippen LogP contribution in [0.2, 0.25) is 0 Å². The summed E-state index contributed by atoms with van der Waals surface area (Å²) in [5.74, 6) is -1.17. The number of hydrogen-bond acceptors (Lipinski definition) is 3. The average Bonchev–Trinajstić information content (AvgIpc) is 3.87. The molecule has 4 heteroatoms. The third-order valence-electron chi connectivity index (χ3n) is 12.8. The van der Waals surface area contributed by atoms with E-state index in [1.807, 2.05) is 18.2 Å². The summed E-state index contributed by atoms with van der Waals surface area (Å²) in [4.78, 5) is 13.9. The van der Waals surface area contributed by atoms with Crippen LogP contribution in [0.3, 0.4) is 0 Å². The van der Waals surface area contributed by atoms with Crippen LogP contribution in [0.1, 0.15) is 94.0 Å². The smallest absolute Gasteiger partial charge is 0.346 e. The van der Waals surface area contributed by atoms with Crippen molar-refractivity contribution in [3.63, 3.8) is 0 Å². The Morgan fingerprint density at radius 2 is 1.13 bits per heavy atom. The molecule has 0 amide bonds. The van der Waals surface area contributed by atoms with Crippen LogP contribution < -0.4 is 4.90 Å². The molecule has 3 aliphatic carbocycles. The summed E-state index contributed by atoms with van der Waals surface area (Å²) in [6, 6.07) is 42.6. The van der Waals surface area contributed by atoms with Crippen LogP contribution in [-0.4, -0.2) is 11.1 Å². The van der Waals surface area contributed by atoms with Crippen LogP contribution >= 0.6 is 0 Å². The molecule has 0 aromatic heterocycles. The molecule has 0 saturated carbocycles. The van der Waals surface area contributed by atoms with Crippen molar-refractivity contribution in [1.29, 1.82) is 5.26 Å². The van der Waals surface area contributed by atoms with Gasteiger partial charge in [0.25, 0.3) is 0 Å². The first-order chi connectivity index (χ1) is 26.3. The molecular weight excluding hydrogens is 661 g/mol. The number of nitriles is 1. The Morgan fingerprint density at radius 3 is 1.61 bits per heavy atom. The van der Waals surface area contributed by atoms with Gasteiger partial charge >= 0.3 is 5.97 Å². The average molecular weight is 707 g/mol. The summed E-state index contributed by atoms with van der Waals surface area (Å²) in [7, 11) is 0. The molecule has 5 aromatic carbocycles. The largest absolute Gasteiger partial charge is 0.477 e. The van der Waals surface area contributed by atoms with Crippen LogP contribution in [0, 0.1) is 11.3 Å². The van der Waals surface area contributed by atoms with Crippen molar-refractivity contribution in [2.24, 2.45) is 0 Å². The van der Waals surface area contributed by atoms with Crippen LogP contribution in [0.5, 0.6) is 0 Å². The minimum Gasteiger partial charge on any atom is -0.477 e. The Bertz CT molecular complexity index is 2320. The van der Waals surface area contributed by atoms with Crippen molar-refractivity contribution in [2.45, 2.75) is 77.0 Å². The highest BCUT2D eigenvalue weighted by atomic mass is 16.4. The quantitative estimate of drug-likeness (QED) is 0.116. The third-order valence-corrected chi connectivity index (χ3v) is 12.8. The maximum absolute atomic E-state index is 11.5. The van der Waals surface area contributed by atoms with Gasteiger partial charge in [-0.3, -0.25) is 0 Å². The number of fused-ring (bicyclic) bond motifs is 6. The predicted molar refractivity (Wildman–Crippen MR) is 221 cm³/mol. The molecule has 0 unspecified atom stereocenters. The molecule has 3 aliphatic rings. The number of rotatable bonds is 10. The van der Waals surface area contributed by atoms with Gasteiger partial charge in [0.15, 0.2) is 0 Å². The number of aliphatic carboxylic acids is 1. The molecule has 0 heterocycles. The summed E-state index contributed by atoms with van der Waals surface area (Å²) in [5.41, 5.74) is 16.8. The zero-order valence-corrected chi connectivity index (χ0v) is 31.6. The molecular formula is C50H46N2O2. The third kappa shape index (κ3) is 5.37. The topological polar surface area (TPSA) is 64.3 Å². The Balaban J connectivity index is 1.24. The lowest BCUT2D eigenvalue weighted by atomic mass is 9.73. The van der Waals surface area contributed by atoms with Crippen molar-refractivity contribution in [3.05, 3.63) is 166 Å². The second-order valence-corrected chi connectivity index (χ2v) is 14.9. The first-order valence-corrected chi connectivity index (χ1v) is 19.5. The molecule has 4 nitrogen and oxygen atoms in total. The molecule has 268 valence electrons. The van der Waals surface area contributed by atoms with Crippen molar-refractivity contribution < 1.29 is 9.90 Å². The number of nitrogens with zero attached hydrogens (tertiary/aromatic N) is 2. The highest BCUT2D eigenvalue weighted by Crippen LogP contribution is 2.56. The fraction of sp³-hybridized carbons (Fsp3) is 0.240. The highest BCUT2D eigenvalue weighted by molar-refractivity contribution is 5.93. The molecule has 0 radical (unpaired) electrons. The summed E-state index contributed by atoms with van der Waals surface area (Å²) >= 11 is 0. The first kappa shape index (κ1) is 35.1. The molecule has 0 saturated heterocycles. The fourth-order valence-corrected chi connectivity index (χ4v) is 9.81. The number of anilines is 3. The number of hydrogen-bond donors (Lipinski definition) is 1. The van der Waals surface area contributed by atoms with E-state index in [1.54, 1.807) is 0 Å². The van der Waals surface area contributed by atoms with Crippen molar-refractivity contribution in [2.75, 3.05) is 4.90 Å². The van der Waals surface area contributed by atoms with Gasteiger partial charge in [-0.15, -0.1) is 0 Å². The van der Waals surface area contributed by atoms with Crippen LogP contribution in [0.25, 0.3) is 28.3 Å². The standard InChI is InChI=1S/C50H46N2O2/c1-5-49(6-2)44-15-11-9-13-39(44)41-27-25-37(30-46(41)49)52(38-26-28-42-40-14-10-12-16-45(40)50(7-3,8-4)47(42)31-38)36-23-20-33(21-24-36)17-18-34-19-22-35(29-34)43(32-51)48(53)54/h9-18,20-21,23-31H,5-8,19,22H2,1-4H3,(H,53,54)/b18-17+,43-35+. The van der Waals surface area contributed by atoms with Crippen molar-refractivity contribution in [3.8, 4) is 28.3 Å². The summed E-state index contributed by atoms with van der Waals surface area (Å²) in [6.07, 6.45) is 11.4. The second-order valence-electron chi connectivity index (χ2n) is 14.9. The Kier molecular flexibility index (Phi) is 8.98. The highest BCUT2D eigenvalue weighted by Gasteiger charge is 2.42. The maximum atomic E-state index is 11.5. The first-order valence-electron chi connectivity index (χ1n) is 19.5. The van der Waals surface area contributed by atoms with E-state index in [0.29, 0.717) is 18.4 Å². The molecule has 0 atom stereocenters. The molecule has 1 N–H and O–H groups in total. The monoisotopic (exact) mass is 706 g/mol. The van der Waals surface area contributed by atoms with E-state index < -0.39 is 5.97 Å².